The Balaban J connectivity index is 3.62. The van der Waals surface area contributed by atoms with Crippen LogP contribution in [0.4, 0.5) is 0 Å². The van der Waals surface area contributed by atoms with Crippen LogP contribution in [0, 0.1) is 0 Å². The number of carboxylic acids is 2. The van der Waals surface area contributed by atoms with E-state index in [1.54, 1.807) is 6.29 Å². The molecule has 0 bridgehead atoms. The van der Waals surface area contributed by atoms with Crippen molar-refractivity contribution in [1.29, 1.82) is 0 Å². The number of amides is 3. The van der Waals surface area contributed by atoms with E-state index in [1.807, 2.05) is 0 Å². The van der Waals surface area contributed by atoms with E-state index in [-0.39, 0.29) is 89.6 Å². The maximum atomic E-state index is 12.3. The Labute approximate surface area is 316 Å². The summed E-state index contributed by atoms with van der Waals surface area (Å²) >= 11 is 0. The van der Waals surface area contributed by atoms with Crippen LogP contribution in [-0.4, -0.2) is 118 Å². The maximum Gasteiger partial charge on any atom is 0.326 e. The van der Waals surface area contributed by atoms with Crippen molar-refractivity contribution in [2.45, 2.75) is 141 Å². The Morgan fingerprint density at radius 3 is 1.40 bits per heavy atom. The van der Waals surface area contributed by atoms with Gasteiger partial charge in [0.25, 0.3) is 0 Å². The standard InChI is InChI=1S/C38H68N3O12/c42-24-27-52-29-28-50-26-23-40-36(45)32-53-31-30-51-25-22-39-34(43)21-20-33(38(48)49)41-35(44)18-16-14-12-10-8-6-4-2-1-3-5-7-9-11-13-15-17-19-37(46)47/h33H,1-23,25-32H2,(H,39,43)(H,40,45)(H,41,44)(H,46,47)(H,48,49)/t33-/m0/s1. The first-order chi connectivity index (χ1) is 25.8. The summed E-state index contributed by atoms with van der Waals surface area (Å²) in [6.45, 7) is 1.81. The van der Waals surface area contributed by atoms with Crippen molar-refractivity contribution in [3.8, 4) is 0 Å². The highest BCUT2D eigenvalue weighted by atomic mass is 16.5. The molecule has 1 atom stereocenters. The Kier molecular flexibility index (Phi) is 36.3. The van der Waals surface area contributed by atoms with Crippen molar-refractivity contribution in [3.63, 3.8) is 0 Å². The second-order valence-electron chi connectivity index (χ2n) is 13.1. The molecule has 1 radical (unpaired) electrons. The van der Waals surface area contributed by atoms with Gasteiger partial charge in [0.1, 0.15) is 19.3 Å². The van der Waals surface area contributed by atoms with E-state index < -0.39 is 18.0 Å². The molecule has 15 nitrogen and oxygen atoms in total. The molecule has 3 amide bonds. The Morgan fingerprint density at radius 2 is 0.925 bits per heavy atom. The molecule has 15 heteroatoms. The van der Waals surface area contributed by atoms with Gasteiger partial charge in [-0.15, -0.1) is 0 Å². The van der Waals surface area contributed by atoms with Crippen LogP contribution in [0.2, 0.25) is 0 Å². The quantitative estimate of drug-likeness (QED) is 0.0554. The van der Waals surface area contributed by atoms with Crippen molar-refractivity contribution < 1.29 is 57.9 Å². The van der Waals surface area contributed by atoms with Crippen molar-refractivity contribution >= 4 is 35.9 Å². The zero-order valence-corrected chi connectivity index (χ0v) is 32.0. The van der Waals surface area contributed by atoms with Crippen molar-refractivity contribution in [3.05, 3.63) is 0 Å². The van der Waals surface area contributed by atoms with Crippen LogP contribution in [0.5, 0.6) is 0 Å². The average Bonchev–Trinajstić information content (AvgIpc) is 3.12. The van der Waals surface area contributed by atoms with Crippen LogP contribution in [0.3, 0.4) is 0 Å². The zero-order valence-electron chi connectivity index (χ0n) is 32.0. The molecular formula is C38H68N3O12. The number of carbonyl (C=O) groups is 5. The zero-order chi connectivity index (χ0) is 39.0. The predicted octanol–water partition coefficient (Wildman–Crippen LogP) is 4.24. The van der Waals surface area contributed by atoms with E-state index in [4.69, 9.17) is 24.1 Å². The molecule has 0 aromatic heterocycles. The van der Waals surface area contributed by atoms with Crippen LogP contribution in [0.25, 0.3) is 0 Å². The van der Waals surface area contributed by atoms with E-state index in [0.29, 0.717) is 26.2 Å². The lowest BCUT2D eigenvalue weighted by Crippen LogP contribution is -2.41. The van der Waals surface area contributed by atoms with Gasteiger partial charge in [0.15, 0.2) is 0 Å². The molecule has 0 saturated heterocycles. The molecule has 307 valence electrons. The second-order valence-corrected chi connectivity index (χ2v) is 13.1. The Morgan fingerprint density at radius 1 is 0.491 bits per heavy atom. The number of carboxylic acid groups (broad SMARTS) is 2. The van der Waals surface area contributed by atoms with Gasteiger partial charge in [-0.25, -0.2) is 4.79 Å². The average molecular weight is 759 g/mol. The molecule has 0 spiro atoms. The van der Waals surface area contributed by atoms with Crippen LogP contribution < -0.4 is 16.0 Å². The van der Waals surface area contributed by atoms with Gasteiger partial charge in [0.05, 0.1) is 39.6 Å². The molecule has 0 aliphatic rings. The highest BCUT2D eigenvalue weighted by molar-refractivity contribution is 5.84. The van der Waals surface area contributed by atoms with Gasteiger partial charge in [-0.1, -0.05) is 96.3 Å². The first-order valence-corrected chi connectivity index (χ1v) is 19.7. The van der Waals surface area contributed by atoms with Crippen molar-refractivity contribution in [2.75, 3.05) is 65.9 Å². The lowest BCUT2D eigenvalue weighted by Gasteiger charge is -2.14. The molecule has 53 heavy (non-hydrogen) atoms. The summed E-state index contributed by atoms with van der Waals surface area (Å²) in [4.78, 5) is 68.2. The Hall–Kier alpha value is -3.14. The summed E-state index contributed by atoms with van der Waals surface area (Å²) in [5.74, 6) is -2.83. The normalized spacial score (nSPS) is 11.5. The molecule has 0 aromatic carbocycles. The lowest BCUT2D eigenvalue weighted by molar-refractivity contribution is -0.142. The highest BCUT2D eigenvalue weighted by Gasteiger charge is 2.20. The minimum atomic E-state index is -1.17. The fraction of sp³-hybridized carbons (Fsp3) is 0.842. The molecule has 0 saturated carbocycles. The summed E-state index contributed by atoms with van der Waals surface area (Å²) < 4.78 is 20.7. The topological polar surface area (TPSA) is 216 Å². The molecule has 0 rings (SSSR count). The molecule has 0 aliphatic carbocycles. The largest absolute Gasteiger partial charge is 0.481 e. The summed E-state index contributed by atoms with van der Waals surface area (Å²) in [5.41, 5.74) is 0. The van der Waals surface area contributed by atoms with Gasteiger partial charge < -0.3 is 45.1 Å². The van der Waals surface area contributed by atoms with E-state index in [2.05, 4.69) is 16.0 Å². The van der Waals surface area contributed by atoms with Gasteiger partial charge in [0, 0.05) is 32.4 Å². The third kappa shape index (κ3) is 38.4. The fourth-order valence-electron chi connectivity index (χ4n) is 5.40. The third-order valence-electron chi connectivity index (χ3n) is 8.36. The van der Waals surface area contributed by atoms with Crippen LogP contribution in [0.15, 0.2) is 0 Å². The molecule has 0 fully saturated rings. The van der Waals surface area contributed by atoms with Gasteiger partial charge in [-0.2, -0.15) is 0 Å². The number of nitrogens with one attached hydrogen (secondary N) is 3. The summed E-state index contributed by atoms with van der Waals surface area (Å²) in [7, 11) is 0. The van der Waals surface area contributed by atoms with E-state index in [1.165, 1.54) is 64.2 Å². The second kappa shape index (κ2) is 38.6. The summed E-state index contributed by atoms with van der Waals surface area (Å²) in [6.07, 6.45) is 21.4. The minimum absolute atomic E-state index is 0.0119. The number of aliphatic carboxylic acids is 2. The van der Waals surface area contributed by atoms with Crippen molar-refractivity contribution in [2.24, 2.45) is 0 Å². The van der Waals surface area contributed by atoms with Crippen LogP contribution >= 0.6 is 0 Å². The summed E-state index contributed by atoms with van der Waals surface area (Å²) in [5, 5.41) is 25.9. The Bertz CT molecular complexity index is 953. The monoisotopic (exact) mass is 758 g/mol. The third-order valence-corrected chi connectivity index (χ3v) is 8.36. The number of hydrogen-bond acceptors (Lipinski definition) is 10. The molecule has 0 aromatic rings. The predicted molar refractivity (Wildman–Crippen MR) is 199 cm³/mol. The smallest absolute Gasteiger partial charge is 0.326 e. The SMILES string of the molecule is O=[C]COCCOCCNC(=O)COCCOCCNC(=O)CC[C@H](NC(=O)CCCCCCCCCCCCCCCCCCCC(=O)O)C(=O)O. The fourth-order valence-corrected chi connectivity index (χ4v) is 5.40. The maximum absolute atomic E-state index is 12.3. The summed E-state index contributed by atoms with van der Waals surface area (Å²) in [6, 6.07) is -1.12. The van der Waals surface area contributed by atoms with Gasteiger partial charge in [0.2, 0.25) is 24.0 Å². The van der Waals surface area contributed by atoms with Crippen LogP contribution in [-0.2, 0) is 47.7 Å². The number of unbranched alkanes of at least 4 members (excludes halogenated alkanes) is 16. The first kappa shape index (κ1) is 49.9. The number of carbonyl (C=O) groups excluding carboxylic acids is 4. The van der Waals surface area contributed by atoms with Crippen molar-refractivity contribution in [1.82, 2.24) is 16.0 Å². The number of ether oxygens (including phenoxy) is 4. The molecule has 0 unspecified atom stereocenters. The molecular weight excluding hydrogens is 690 g/mol. The van der Waals surface area contributed by atoms with E-state index in [9.17, 15) is 33.9 Å². The number of rotatable bonds is 41. The van der Waals surface area contributed by atoms with Gasteiger partial charge in [-0.3, -0.25) is 24.0 Å². The first-order valence-electron chi connectivity index (χ1n) is 19.7. The van der Waals surface area contributed by atoms with Gasteiger partial charge >= 0.3 is 11.9 Å². The van der Waals surface area contributed by atoms with E-state index >= 15 is 0 Å². The molecule has 0 heterocycles. The molecule has 0 aliphatic heterocycles. The van der Waals surface area contributed by atoms with Crippen LogP contribution in [0.1, 0.15) is 135 Å². The molecule has 5 N–H and O–H groups in total. The van der Waals surface area contributed by atoms with E-state index in [0.717, 1.165) is 38.5 Å². The lowest BCUT2D eigenvalue weighted by atomic mass is 10.0. The highest BCUT2D eigenvalue weighted by Crippen LogP contribution is 2.15. The number of hydrogen-bond donors (Lipinski definition) is 5. The minimum Gasteiger partial charge on any atom is -0.481 e. The van der Waals surface area contributed by atoms with Gasteiger partial charge in [-0.05, 0) is 19.3 Å².